The molecule has 0 fully saturated rings. The van der Waals surface area contributed by atoms with E-state index in [1.54, 1.807) is 5.38 Å². The van der Waals surface area contributed by atoms with Crippen LogP contribution in [0, 0.1) is 0 Å². The van der Waals surface area contributed by atoms with E-state index in [1.165, 1.54) is 18.3 Å². The van der Waals surface area contributed by atoms with Gasteiger partial charge in [0.25, 0.3) is 5.91 Å². The van der Waals surface area contributed by atoms with Crippen molar-refractivity contribution >= 4 is 52.1 Å². The summed E-state index contributed by atoms with van der Waals surface area (Å²) in [7, 11) is 0. The average Bonchev–Trinajstić information content (AvgIpc) is 2.80. The van der Waals surface area contributed by atoms with E-state index in [9.17, 15) is 9.59 Å². The van der Waals surface area contributed by atoms with E-state index < -0.39 is 11.9 Å². The van der Waals surface area contributed by atoms with Gasteiger partial charge < -0.3 is 10.4 Å². The molecule has 0 radical (unpaired) electrons. The number of nitrogens with zero attached hydrogens (tertiary/aromatic N) is 1. The van der Waals surface area contributed by atoms with Crippen LogP contribution in [-0.2, 0) is 0 Å². The molecule has 5 nitrogen and oxygen atoms in total. The molecule has 2 aromatic rings. The highest BCUT2D eigenvalue weighted by Crippen LogP contribution is 2.24. The van der Waals surface area contributed by atoms with E-state index in [-0.39, 0.29) is 26.3 Å². The molecule has 0 spiro atoms. The predicted molar refractivity (Wildman–Crippen MR) is 73.5 cm³/mol. The monoisotopic (exact) mass is 316 g/mol. The summed E-state index contributed by atoms with van der Waals surface area (Å²) in [4.78, 5) is 26.7. The van der Waals surface area contributed by atoms with Crippen molar-refractivity contribution < 1.29 is 14.7 Å². The van der Waals surface area contributed by atoms with Gasteiger partial charge in [0.2, 0.25) is 0 Å². The third-order valence-corrected chi connectivity index (χ3v) is 3.58. The molecule has 2 aromatic heterocycles. The quantitative estimate of drug-likeness (QED) is 0.850. The molecule has 0 unspecified atom stereocenters. The zero-order valence-corrected chi connectivity index (χ0v) is 11.5. The second-order valence-corrected chi connectivity index (χ2v) is 5.12. The highest BCUT2D eigenvalue weighted by Gasteiger charge is 2.17. The molecule has 0 aromatic carbocycles. The van der Waals surface area contributed by atoms with Crippen LogP contribution in [0.25, 0.3) is 0 Å². The Morgan fingerprint density at radius 1 is 1.37 bits per heavy atom. The number of carbonyl (C=O) groups excluding carboxylic acids is 1. The smallest absolute Gasteiger partial charge is 0.348 e. The summed E-state index contributed by atoms with van der Waals surface area (Å²) in [5, 5.41) is 13.2. The number of anilines is 1. The van der Waals surface area contributed by atoms with Gasteiger partial charge in [-0.1, -0.05) is 23.2 Å². The van der Waals surface area contributed by atoms with Gasteiger partial charge in [-0.15, -0.1) is 11.3 Å². The Balaban J connectivity index is 2.28. The van der Waals surface area contributed by atoms with Crippen LogP contribution in [0.3, 0.4) is 0 Å². The fraction of sp³-hybridized carbons (Fsp3) is 0. The standard InChI is InChI=1S/C11H6Cl2N2O3S/c12-6-4-14-8(13)3-5(6)10(16)15-7-1-2-19-9(7)11(17)18/h1-4H,(H,15,16)(H,17,18). The molecular formula is C11H6Cl2N2O3S. The van der Waals surface area contributed by atoms with Crippen molar-refractivity contribution in [2.24, 2.45) is 0 Å². The third kappa shape index (κ3) is 3.04. The maximum Gasteiger partial charge on any atom is 0.348 e. The number of aromatic carboxylic acids is 1. The summed E-state index contributed by atoms with van der Waals surface area (Å²) >= 11 is 12.5. The van der Waals surface area contributed by atoms with Crippen LogP contribution in [0.15, 0.2) is 23.7 Å². The molecular weight excluding hydrogens is 311 g/mol. The minimum Gasteiger partial charge on any atom is -0.477 e. The number of halogens is 2. The van der Waals surface area contributed by atoms with E-state index in [0.29, 0.717) is 0 Å². The SMILES string of the molecule is O=C(Nc1ccsc1C(=O)O)c1cc(Cl)ncc1Cl. The molecule has 19 heavy (non-hydrogen) atoms. The molecule has 0 aliphatic carbocycles. The van der Waals surface area contributed by atoms with Gasteiger partial charge in [-0.25, -0.2) is 9.78 Å². The zero-order chi connectivity index (χ0) is 14.0. The Morgan fingerprint density at radius 2 is 2.11 bits per heavy atom. The number of pyridine rings is 1. The number of rotatable bonds is 3. The van der Waals surface area contributed by atoms with Crippen molar-refractivity contribution in [2.75, 3.05) is 5.32 Å². The Morgan fingerprint density at radius 3 is 2.79 bits per heavy atom. The van der Waals surface area contributed by atoms with Crippen LogP contribution in [0.5, 0.6) is 0 Å². The summed E-state index contributed by atoms with van der Waals surface area (Å²) < 4.78 is 0. The number of carboxylic acid groups (broad SMARTS) is 1. The van der Waals surface area contributed by atoms with Gasteiger partial charge in [0.1, 0.15) is 10.0 Å². The van der Waals surface area contributed by atoms with Crippen LogP contribution in [-0.4, -0.2) is 22.0 Å². The van der Waals surface area contributed by atoms with Gasteiger partial charge in [-0.05, 0) is 17.5 Å². The van der Waals surface area contributed by atoms with Crippen LogP contribution in [0.4, 0.5) is 5.69 Å². The number of thiophene rings is 1. The molecule has 0 saturated heterocycles. The number of hydrogen-bond donors (Lipinski definition) is 2. The summed E-state index contributed by atoms with van der Waals surface area (Å²) in [5.74, 6) is -1.65. The second kappa shape index (κ2) is 5.56. The first-order valence-corrected chi connectivity index (χ1v) is 6.56. The molecule has 0 saturated carbocycles. The van der Waals surface area contributed by atoms with E-state index in [0.717, 1.165) is 11.3 Å². The molecule has 98 valence electrons. The van der Waals surface area contributed by atoms with Gasteiger partial charge in [-0.3, -0.25) is 4.79 Å². The highest BCUT2D eigenvalue weighted by atomic mass is 35.5. The van der Waals surface area contributed by atoms with Gasteiger partial charge >= 0.3 is 5.97 Å². The number of hydrogen-bond acceptors (Lipinski definition) is 4. The Kier molecular flexibility index (Phi) is 4.04. The van der Waals surface area contributed by atoms with Crippen molar-refractivity contribution in [3.05, 3.63) is 44.3 Å². The molecule has 2 heterocycles. The fourth-order valence-corrected chi connectivity index (χ4v) is 2.38. The molecule has 2 rings (SSSR count). The Hall–Kier alpha value is -1.63. The van der Waals surface area contributed by atoms with E-state index in [4.69, 9.17) is 28.3 Å². The van der Waals surface area contributed by atoms with E-state index in [2.05, 4.69) is 10.3 Å². The summed E-state index contributed by atoms with van der Waals surface area (Å²) in [5.41, 5.74) is 0.343. The number of aromatic nitrogens is 1. The van der Waals surface area contributed by atoms with Crippen LogP contribution in [0.2, 0.25) is 10.2 Å². The average molecular weight is 317 g/mol. The maximum absolute atomic E-state index is 12.0. The molecule has 0 aliphatic rings. The summed E-state index contributed by atoms with van der Waals surface area (Å²) in [6.07, 6.45) is 1.25. The fourth-order valence-electron chi connectivity index (χ4n) is 1.35. The van der Waals surface area contributed by atoms with Crippen LogP contribution < -0.4 is 5.32 Å². The van der Waals surface area contributed by atoms with Crippen molar-refractivity contribution in [3.63, 3.8) is 0 Å². The van der Waals surface area contributed by atoms with Gasteiger partial charge in [0.05, 0.1) is 16.3 Å². The Labute approximate surface area is 121 Å². The molecule has 2 N–H and O–H groups in total. The lowest BCUT2D eigenvalue weighted by atomic mass is 10.2. The van der Waals surface area contributed by atoms with Crippen LogP contribution in [0.1, 0.15) is 20.0 Å². The van der Waals surface area contributed by atoms with Crippen molar-refractivity contribution in [1.82, 2.24) is 4.98 Å². The van der Waals surface area contributed by atoms with E-state index >= 15 is 0 Å². The molecule has 8 heteroatoms. The first-order chi connectivity index (χ1) is 8.99. The number of carbonyl (C=O) groups is 2. The first kappa shape index (κ1) is 13.8. The van der Waals surface area contributed by atoms with Gasteiger partial charge in [0, 0.05) is 6.20 Å². The zero-order valence-electron chi connectivity index (χ0n) is 9.18. The lowest BCUT2D eigenvalue weighted by molar-refractivity contribution is 0.0703. The number of carboxylic acids is 1. The van der Waals surface area contributed by atoms with E-state index in [1.807, 2.05) is 0 Å². The largest absolute Gasteiger partial charge is 0.477 e. The van der Waals surface area contributed by atoms with Gasteiger partial charge in [0.15, 0.2) is 0 Å². The molecule has 1 amide bonds. The Bertz CT molecular complexity index is 657. The van der Waals surface area contributed by atoms with Gasteiger partial charge in [-0.2, -0.15) is 0 Å². The lowest BCUT2D eigenvalue weighted by Gasteiger charge is -2.06. The van der Waals surface area contributed by atoms with Crippen molar-refractivity contribution in [1.29, 1.82) is 0 Å². The molecule has 0 atom stereocenters. The lowest BCUT2D eigenvalue weighted by Crippen LogP contribution is -2.14. The number of nitrogens with one attached hydrogen (secondary N) is 1. The van der Waals surface area contributed by atoms with Crippen molar-refractivity contribution in [3.8, 4) is 0 Å². The van der Waals surface area contributed by atoms with Crippen molar-refractivity contribution in [2.45, 2.75) is 0 Å². The third-order valence-electron chi connectivity index (χ3n) is 2.17. The van der Waals surface area contributed by atoms with Crippen LogP contribution >= 0.6 is 34.5 Å². The minimum atomic E-state index is -1.11. The second-order valence-electron chi connectivity index (χ2n) is 3.41. The minimum absolute atomic E-state index is 0.0459. The summed E-state index contributed by atoms with van der Waals surface area (Å²) in [6, 6.07) is 2.81. The molecule has 0 bridgehead atoms. The normalized spacial score (nSPS) is 10.2. The topological polar surface area (TPSA) is 79.3 Å². The maximum atomic E-state index is 12.0. The first-order valence-electron chi connectivity index (χ1n) is 4.92. The predicted octanol–water partition coefficient (Wildman–Crippen LogP) is 3.40. The molecule has 0 aliphatic heterocycles. The highest BCUT2D eigenvalue weighted by molar-refractivity contribution is 7.12. The summed E-state index contributed by atoms with van der Waals surface area (Å²) in [6.45, 7) is 0. The number of amides is 1.